The lowest BCUT2D eigenvalue weighted by molar-refractivity contribution is 0.0136. The zero-order valence-corrected chi connectivity index (χ0v) is 76.4. The van der Waals surface area contributed by atoms with Crippen molar-refractivity contribution < 1.29 is 4.21 Å². The third-order valence-corrected chi connectivity index (χ3v) is 32.0. The molecule has 0 aliphatic heterocycles. The van der Waals surface area contributed by atoms with Crippen LogP contribution in [0.3, 0.4) is 0 Å². The molecular formula is C104H206OS. The summed E-state index contributed by atoms with van der Waals surface area (Å²) in [6, 6.07) is 0. The Hall–Kier alpha value is 0.150. The van der Waals surface area contributed by atoms with E-state index in [2.05, 4.69) is 55.4 Å². The van der Waals surface area contributed by atoms with E-state index in [1.165, 1.54) is 578 Å². The minimum atomic E-state index is -0.987. The number of unbranched alkanes of at least 4 members (excludes halogenated alkanes) is 54. The molecule has 4 unspecified atom stereocenters. The second-order valence-corrected chi connectivity index (χ2v) is 40.0. The topological polar surface area (TPSA) is 17.1 Å². The highest BCUT2D eigenvalue weighted by Gasteiger charge is 2.66. The summed E-state index contributed by atoms with van der Waals surface area (Å²) in [4.78, 5) is 0. The highest BCUT2D eigenvalue weighted by molar-refractivity contribution is 7.88. The van der Waals surface area contributed by atoms with Crippen LogP contribution < -0.4 is 0 Å². The lowest BCUT2D eigenvalue weighted by Gasteiger charge is -2.63. The molecule has 2 aliphatic carbocycles. The fraction of sp³-hybridized carbons (Fsp3) is 1.00. The summed E-state index contributed by atoms with van der Waals surface area (Å²) in [5.74, 6) is 1.40. The molecule has 0 bridgehead atoms. The van der Waals surface area contributed by atoms with Crippen molar-refractivity contribution in [3.63, 3.8) is 0 Å². The van der Waals surface area contributed by atoms with Crippen molar-refractivity contribution in [2.24, 2.45) is 22.7 Å². The summed E-state index contributed by atoms with van der Waals surface area (Å²) >= 11 is 0. The van der Waals surface area contributed by atoms with Gasteiger partial charge in [0.15, 0.2) is 0 Å². The highest BCUT2D eigenvalue weighted by atomic mass is 32.2. The van der Waals surface area contributed by atoms with Gasteiger partial charge in [0.05, 0.1) is 9.49 Å². The van der Waals surface area contributed by atoms with Gasteiger partial charge in [-0.3, -0.25) is 4.21 Å². The molecule has 0 aromatic heterocycles. The standard InChI is InChI=1S/C104H206OS/c1-9-17-25-33-41-55-67-79-91-101(93-81-69-57-49-47-53-65-77-89-99(101)87-75-63-51-39-31-23-15-7)103(95-83-71-59-43-35-27-19-11-3,96-84-72-60-44-36-28-20-12-4)106(105)104(97-85-73-61-45-37-29-21-13-5,98-86-74-62-46-38-30-22-14-6)102(92-80-68-56-42-34-26-18-10-2)94-82-70-58-50-48-54-66-78-90-100(102)88-76-64-52-40-32-24-16-8/h99-100H,9-98H2,1-8H3. The van der Waals surface area contributed by atoms with E-state index in [9.17, 15) is 0 Å². The molecule has 0 amide bonds. The maximum Gasteiger partial charge on any atom is 0.0523 e. The molecule has 0 spiro atoms. The Morgan fingerprint density at radius 2 is 0.377 bits per heavy atom. The second kappa shape index (κ2) is 75.2. The van der Waals surface area contributed by atoms with Gasteiger partial charge in [-0.05, 0) is 99.7 Å². The molecule has 0 N–H and O–H groups in total. The lowest BCUT2D eigenvalue weighted by Crippen LogP contribution is -2.65. The van der Waals surface area contributed by atoms with Gasteiger partial charge in [0.2, 0.25) is 0 Å². The van der Waals surface area contributed by atoms with Gasteiger partial charge in [-0.15, -0.1) is 0 Å². The zero-order chi connectivity index (χ0) is 76.4. The summed E-state index contributed by atoms with van der Waals surface area (Å²) in [5.41, 5.74) is 0.235. The van der Waals surface area contributed by atoms with Crippen molar-refractivity contribution in [3.05, 3.63) is 0 Å². The Bertz CT molecular complexity index is 1600. The van der Waals surface area contributed by atoms with Crippen molar-refractivity contribution in [3.8, 4) is 0 Å². The molecule has 106 heavy (non-hydrogen) atoms. The van der Waals surface area contributed by atoms with E-state index in [4.69, 9.17) is 0 Å². The van der Waals surface area contributed by atoms with Crippen molar-refractivity contribution in [2.45, 2.75) is 643 Å². The summed E-state index contributed by atoms with van der Waals surface area (Å²) in [6.45, 7) is 19.3. The quantitative estimate of drug-likeness (QED) is 0.0555. The van der Waals surface area contributed by atoms with E-state index >= 15 is 4.21 Å². The van der Waals surface area contributed by atoms with Crippen LogP contribution in [0.15, 0.2) is 0 Å². The fourth-order valence-corrected chi connectivity index (χ4v) is 25.8. The van der Waals surface area contributed by atoms with Crippen LogP contribution in [0.5, 0.6) is 0 Å². The number of hydrogen-bond donors (Lipinski definition) is 0. The van der Waals surface area contributed by atoms with Crippen LogP contribution in [0.4, 0.5) is 0 Å². The summed E-state index contributed by atoms with van der Waals surface area (Å²) < 4.78 is 20.3. The first-order valence-corrected chi connectivity index (χ1v) is 52.9. The van der Waals surface area contributed by atoms with Gasteiger partial charge in [-0.25, -0.2) is 0 Å². The van der Waals surface area contributed by atoms with Gasteiger partial charge in [0.1, 0.15) is 0 Å². The Kier molecular flexibility index (Phi) is 72.5. The van der Waals surface area contributed by atoms with Crippen molar-refractivity contribution in [1.29, 1.82) is 0 Å². The summed E-state index contributed by atoms with van der Waals surface area (Å²) in [6.07, 6.45) is 127. The van der Waals surface area contributed by atoms with Crippen molar-refractivity contribution >= 4 is 10.8 Å². The molecule has 1 nitrogen and oxygen atoms in total. The maximum atomic E-state index is 20.6. The van der Waals surface area contributed by atoms with Gasteiger partial charge < -0.3 is 0 Å². The Balaban J connectivity index is 3.67. The molecule has 0 saturated heterocycles. The molecule has 0 heterocycles. The van der Waals surface area contributed by atoms with Crippen LogP contribution in [-0.2, 0) is 10.8 Å². The van der Waals surface area contributed by atoms with E-state index in [1.54, 1.807) is 0 Å². The van der Waals surface area contributed by atoms with Crippen molar-refractivity contribution in [2.75, 3.05) is 0 Å². The van der Waals surface area contributed by atoms with Gasteiger partial charge in [-0.2, -0.15) is 0 Å². The van der Waals surface area contributed by atoms with Gasteiger partial charge in [0, 0.05) is 10.8 Å². The minimum Gasteiger partial charge on any atom is -0.258 e. The van der Waals surface area contributed by atoms with Gasteiger partial charge in [0.25, 0.3) is 0 Å². The average molecular weight is 1500 g/mol. The van der Waals surface area contributed by atoms with E-state index < -0.39 is 10.8 Å². The molecule has 0 radical (unpaired) electrons. The first-order valence-electron chi connectivity index (χ1n) is 51.8. The molecule has 4 atom stereocenters. The molecule has 2 rings (SSSR count). The van der Waals surface area contributed by atoms with Gasteiger partial charge >= 0.3 is 0 Å². The molecule has 0 aromatic rings. The van der Waals surface area contributed by atoms with E-state index in [0.717, 1.165) is 0 Å². The van der Waals surface area contributed by atoms with E-state index in [0.29, 0.717) is 11.8 Å². The zero-order valence-electron chi connectivity index (χ0n) is 75.6. The molecule has 2 saturated carbocycles. The normalized spacial score (nSPS) is 19.8. The van der Waals surface area contributed by atoms with Crippen LogP contribution in [0, 0.1) is 22.7 Å². The Morgan fingerprint density at radius 1 is 0.208 bits per heavy atom. The monoisotopic (exact) mass is 1500 g/mol. The average Bonchev–Trinajstić information content (AvgIpc) is 0.702. The molecule has 0 aromatic carbocycles. The molecule has 2 aliphatic rings. The summed E-state index contributed by atoms with van der Waals surface area (Å²) in [5, 5.41) is 0. The molecular weight excluding hydrogens is 1300 g/mol. The number of hydrogen-bond acceptors (Lipinski definition) is 1. The Morgan fingerprint density at radius 3 is 0.594 bits per heavy atom. The SMILES string of the molecule is CCCCCCCCCCC1(C(CCCCCCCCCC)(CCCCCCCCCC)S(=O)C(CCCCCCCCCC)(CCCCCCCCCC)C2(CCCCCCCCCC)CCCCCCCCCCC2CCCCCCCCC)CCCCCCCCCCC1CCCCCCCCC. The van der Waals surface area contributed by atoms with Crippen molar-refractivity contribution in [1.82, 2.24) is 0 Å². The van der Waals surface area contributed by atoms with Crippen LogP contribution in [0.2, 0.25) is 0 Å². The van der Waals surface area contributed by atoms with Crippen LogP contribution in [0.25, 0.3) is 0 Å². The highest BCUT2D eigenvalue weighted by Crippen LogP contribution is 2.66. The van der Waals surface area contributed by atoms with Crippen LogP contribution in [-0.4, -0.2) is 13.7 Å². The largest absolute Gasteiger partial charge is 0.258 e. The third kappa shape index (κ3) is 46.6. The first kappa shape index (κ1) is 102. The molecule has 2 heteroatoms. The van der Waals surface area contributed by atoms with Crippen LogP contribution >= 0.6 is 0 Å². The lowest BCUT2D eigenvalue weighted by atomic mass is 9.55. The summed E-state index contributed by atoms with van der Waals surface area (Å²) in [7, 11) is -0.987. The first-order chi connectivity index (χ1) is 52.4. The predicted molar refractivity (Wildman–Crippen MR) is 486 cm³/mol. The predicted octanol–water partition coefficient (Wildman–Crippen LogP) is 38.7. The minimum absolute atomic E-state index is 0.118. The number of rotatable bonds is 74. The maximum absolute atomic E-state index is 20.6. The van der Waals surface area contributed by atoms with Gasteiger partial charge in [-0.1, -0.05) is 556 Å². The smallest absolute Gasteiger partial charge is 0.0523 e. The fourth-order valence-electron chi connectivity index (χ4n) is 22.3. The molecule has 634 valence electrons. The Labute approximate surface area is 676 Å². The third-order valence-electron chi connectivity index (χ3n) is 28.9. The van der Waals surface area contributed by atoms with Crippen LogP contribution in [0.1, 0.15) is 633 Å². The second-order valence-electron chi connectivity index (χ2n) is 37.9. The van der Waals surface area contributed by atoms with E-state index in [1.807, 2.05) is 0 Å². The van der Waals surface area contributed by atoms with E-state index in [-0.39, 0.29) is 20.3 Å². The molecule has 2 fully saturated rings.